The summed E-state index contributed by atoms with van der Waals surface area (Å²) in [4.78, 5) is 37.2. The summed E-state index contributed by atoms with van der Waals surface area (Å²) in [6, 6.07) is -0.982. The van der Waals surface area contributed by atoms with Gasteiger partial charge < -0.3 is 25.2 Å². The first-order valence-electron chi connectivity index (χ1n) is 8.97. The van der Waals surface area contributed by atoms with Gasteiger partial charge in [-0.3, -0.25) is 14.6 Å². The van der Waals surface area contributed by atoms with Gasteiger partial charge in [0, 0.05) is 38.3 Å². The summed E-state index contributed by atoms with van der Waals surface area (Å²) in [5.74, 6) is -1.24. The second-order valence-electron chi connectivity index (χ2n) is 6.93. The fraction of sp³-hybridized carbons (Fsp3) is 0.471. The first-order chi connectivity index (χ1) is 13.3. The molecule has 2 aromatic heterocycles. The Labute approximate surface area is 163 Å². The van der Waals surface area contributed by atoms with Gasteiger partial charge in [0.25, 0.3) is 5.91 Å². The molecule has 0 aromatic carbocycles. The Morgan fingerprint density at radius 1 is 1.18 bits per heavy atom. The highest BCUT2D eigenvalue weighted by molar-refractivity contribution is 6.43. The molecule has 2 atom stereocenters. The van der Waals surface area contributed by atoms with Crippen LogP contribution in [0.5, 0.6) is 0 Å². The lowest BCUT2D eigenvalue weighted by atomic mass is 9.75. The van der Waals surface area contributed by atoms with Gasteiger partial charge in [0.2, 0.25) is 5.91 Å². The van der Waals surface area contributed by atoms with Crippen LogP contribution in [0.15, 0.2) is 31.0 Å². The van der Waals surface area contributed by atoms with Crippen LogP contribution < -0.4 is 10.6 Å². The summed E-state index contributed by atoms with van der Waals surface area (Å²) in [5, 5.41) is 24.4. The van der Waals surface area contributed by atoms with E-state index in [1.807, 2.05) is 13.8 Å². The maximum atomic E-state index is 12.8. The standard InChI is InChI=1S/C17H25BN6O4/c1-11(2)8-14(18(27)28)23-16(25)12(9-15-21-6-7-24(15)3)22-17(26)13-10-19-4-5-20-13/h4-7,10-12,14,27-28H,8-9H2,1-3H3,(H,22,26)(H,23,25)/t12-,14-/m0/s1. The van der Waals surface area contributed by atoms with Crippen molar-refractivity contribution in [3.8, 4) is 0 Å². The van der Waals surface area contributed by atoms with Crippen molar-refractivity contribution in [2.45, 2.75) is 38.7 Å². The molecule has 0 aliphatic carbocycles. The number of carbonyl (C=O) groups excluding carboxylic acids is 2. The fourth-order valence-electron chi connectivity index (χ4n) is 2.68. The van der Waals surface area contributed by atoms with Crippen LogP contribution in [0.2, 0.25) is 0 Å². The fourth-order valence-corrected chi connectivity index (χ4v) is 2.68. The van der Waals surface area contributed by atoms with E-state index in [-0.39, 0.29) is 18.0 Å². The van der Waals surface area contributed by atoms with Gasteiger partial charge in [-0.05, 0) is 12.3 Å². The number of aromatic nitrogens is 4. The van der Waals surface area contributed by atoms with Crippen LogP contribution in [0.3, 0.4) is 0 Å². The minimum absolute atomic E-state index is 0.0704. The minimum atomic E-state index is -1.71. The van der Waals surface area contributed by atoms with E-state index in [2.05, 4.69) is 25.6 Å². The molecule has 0 unspecified atom stereocenters. The van der Waals surface area contributed by atoms with Crippen LogP contribution in [0.4, 0.5) is 0 Å². The van der Waals surface area contributed by atoms with Gasteiger partial charge in [-0.2, -0.15) is 0 Å². The van der Waals surface area contributed by atoms with Crippen molar-refractivity contribution in [3.63, 3.8) is 0 Å². The number of hydrogen-bond donors (Lipinski definition) is 4. The average molecular weight is 388 g/mol. The summed E-state index contributed by atoms with van der Waals surface area (Å²) >= 11 is 0. The number of imidazole rings is 1. The van der Waals surface area contributed by atoms with E-state index in [0.717, 1.165) is 0 Å². The van der Waals surface area contributed by atoms with Crippen molar-refractivity contribution in [2.24, 2.45) is 13.0 Å². The molecule has 0 aliphatic rings. The van der Waals surface area contributed by atoms with Crippen LogP contribution in [-0.4, -0.2) is 60.5 Å². The molecular formula is C17H25BN6O4. The van der Waals surface area contributed by atoms with Crippen molar-refractivity contribution in [3.05, 3.63) is 42.5 Å². The zero-order valence-corrected chi connectivity index (χ0v) is 16.1. The molecule has 0 spiro atoms. The highest BCUT2D eigenvalue weighted by Crippen LogP contribution is 2.08. The molecule has 4 N–H and O–H groups in total. The van der Waals surface area contributed by atoms with Crippen molar-refractivity contribution < 1.29 is 19.6 Å². The van der Waals surface area contributed by atoms with Crippen LogP contribution in [-0.2, 0) is 18.3 Å². The summed E-state index contributed by atoms with van der Waals surface area (Å²) in [5.41, 5.74) is 0.0704. The van der Waals surface area contributed by atoms with E-state index in [1.54, 1.807) is 24.0 Å². The molecule has 28 heavy (non-hydrogen) atoms. The smallest absolute Gasteiger partial charge is 0.426 e. The molecule has 2 aromatic rings. The van der Waals surface area contributed by atoms with Gasteiger partial charge in [0.05, 0.1) is 12.1 Å². The number of amides is 2. The second-order valence-corrected chi connectivity index (χ2v) is 6.93. The average Bonchev–Trinajstić information content (AvgIpc) is 3.05. The van der Waals surface area contributed by atoms with Crippen LogP contribution in [0, 0.1) is 5.92 Å². The Morgan fingerprint density at radius 3 is 2.46 bits per heavy atom. The zero-order valence-electron chi connectivity index (χ0n) is 16.1. The molecule has 2 rings (SSSR count). The maximum absolute atomic E-state index is 12.8. The Kier molecular flexibility index (Phi) is 7.65. The molecule has 2 amide bonds. The van der Waals surface area contributed by atoms with Crippen molar-refractivity contribution in [2.75, 3.05) is 0 Å². The van der Waals surface area contributed by atoms with E-state index < -0.39 is 30.9 Å². The third-order valence-electron chi connectivity index (χ3n) is 4.14. The monoisotopic (exact) mass is 388 g/mol. The Hall–Kier alpha value is -2.79. The second kappa shape index (κ2) is 9.95. The van der Waals surface area contributed by atoms with Crippen LogP contribution in [0.25, 0.3) is 0 Å². The van der Waals surface area contributed by atoms with Crippen molar-refractivity contribution in [1.82, 2.24) is 30.2 Å². The van der Waals surface area contributed by atoms with Crippen molar-refractivity contribution in [1.29, 1.82) is 0 Å². The molecule has 0 fully saturated rings. The summed E-state index contributed by atoms with van der Waals surface area (Å²) < 4.78 is 1.74. The van der Waals surface area contributed by atoms with Gasteiger partial charge in [-0.15, -0.1) is 0 Å². The van der Waals surface area contributed by atoms with E-state index in [4.69, 9.17) is 0 Å². The number of carbonyl (C=O) groups is 2. The number of rotatable bonds is 9. The summed E-state index contributed by atoms with van der Waals surface area (Å²) in [7, 11) is 0.0664. The molecule has 0 saturated carbocycles. The molecule has 0 aliphatic heterocycles. The minimum Gasteiger partial charge on any atom is -0.426 e. The SMILES string of the molecule is CC(C)C[C@H](NC(=O)[C@H](Cc1nccn1C)NC(=O)c1cnccn1)B(O)O. The largest absolute Gasteiger partial charge is 0.475 e. The van der Waals surface area contributed by atoms with E-state index in [0.29, 0.717) is 12.2 Å². The number of aryl methyl sites for hydroxylation is 1. The van der Waals surface area contributed by atoms with E-state index in [1.165, 1.54) is 18.6 Å². The van der Waals surface area contributed by atoms with Gasteiger partial charge in [-0.1, -0.05) is 13.8 Å². The molecule has 10 nitrogen and oxygen atoms in total. The molecule has 0 saturated heterocycles. The summed E-state index contributed by atoms with van der Waals surface area (Å²) in [6.45, 7) is 3.81. The van der Waals surface area contributed by atoms with E-state index in [9.17, 15) is 19.6 Å². The lowest BCUT2D eigenvalue weighted by molar-refractivity contribution is -0.123. The van der Waals surface area contributed by atoms with E-state index >= 15 is 0 Å². The number of nitrogens with zero attached hydrogens (tertiary/aromatic N) is 4. The molecule has 11 heteroatoms. The topological polar surface area (TPSA) is 142 Å². The highest BCUT2D eigenvalue weighted by Gasteiger charge is 2.31. The Balaban J connectivity index is 2.17. The predicted octanol–water partition coefficient (Wildman–Crippen LogP) is -0.906. The summed E-state index contributed by atoms with van der Waals surface area (Å²) in [6.07, 6.45) is 7.93. The first-order valence-corrected chi connectivity index (χ1v) is 8.97. The molecular weight excluding hydrogens is 363 g/mol. The lowest BCUT2D eigenvalue weighted by Crippen LogP contribution is -2.55. The maximum Gasteiger partial charge on any atom is 0.475 e. The number of hydrogen-bond acceptors (Lipinski definition) is 7. The van der Waals surface area contributed by atoms with Gasteiger partial charge >= 0.3 is 7.12 Å². The van der Waals surface area contributed by atoms with Crippen LogP contribution in [0.1, 0.15) is 36.6 Å². The Morgan fingerprint density at radius 2 is 1.93 bits per heavy atom. The molecule has 0 bridgehead atoms. The zero-order chi connectivity index (χ0) is 20.7. The highest BCUT2D eigenvalue weighted by atomic mass is 16.4. The lowest BCUT2D eigenvalue weighted by Gasteiger charge is -2.24. The predicted molar refractivity (Wildman–Crippen MR) is 102 cm³/mol. The molecule has 0 radical (unpaired) electrons. The van der Waals surface area contributed by atoms with Gasteiger partial charge in [0.1, 0.15) is 17.6 Å². The Bertz CT molecular complexity index is 783. The normalized spacial score (nSPS) is 13.1. The molecule has 150 valence electrons. The van der Waals surface area contributed by atoms with Crippen LogP contribution >= 0.6 is 0 Å². The number of nitrogens with one attached hydrogen (secondary N) is 2. The quantitative estimate of drug-likeness (QED) is 0.408. The van der Waals surface area contributed by atoms with Gasteiger partial charge in [-0.25, -0.2) is 9.97 Å². The van der Waals surface area contributed by atoms with Crippen molar-refractivity contribution >= 4 is 18.9 Å². The first kappa shape index (κ1) is 21.5. The third-order valence-corrected chi connectivity index (χ3v) is 4.14. The van der Waals surface area contributed by atoms with Gasteiger partial charge in [0.15, 0.2) is 0 Å². The third kappa shape index (κ3) is 6.13. The molecule has 2 heterocycles.